The predicted octanol–water partition coefficient (Wildman–Crippen LogP) is 2.62. The Morgan fingerprint density at radius 2 is 2.16 bits per heavy atom. The van der Waals surface area contributed by atoms with Gasteiger partial charge in [0.05, 0.1) is 23.5 Å². The first-order valence-electron chi connectivity index (χ1n) is 6.98. The Kier molecular flexibility index (Phi) is 4.84. The number of ether oxygens (including phenoxy) is 1. The molecular formula is C13H24N4OS. The van der Waals surface area contributed by atoms with Crippen molar-refractivity contribution >= 4 is 11.8 Å². The topological polar surface area (TPSA) is 52.8 Å². The Morgan fingerprint density at radius 1 is 1.37 bits per heavy atom. The van der Waals surface area contributed by atoms with Crippen LogP contribution in [0.2, 0.25) is 0 Å². The van der Waals surface area contributed by atoms with E-state index in [-0.39, 0.29) is 5.54 Å². The van der Waals surface area contributed by atoms with Gasteiger partial charge in [0.15, 0.2) is 5.82 Å². The maximum atomic E-state index is 5.80. The summed E-state index contributed by atoms with van der Waals surface area (Å²) in [7, 11) is 0. The molecule has 1 aliphatic heterocycles. The van der Waals surface area contributed by atoms with E-state index in [2.05, 4.69) is 43.1 Å². The fourth-order valence-electron chi connectivity index (χ4n) is 2.06. The molecule has 108 valence electrons. The fraction of sp³-hybridized carbons (Fsp3) is 0.923. The minimum absolute atomic E-state index is 0.0935. The molecule has 0 saturated carbocycles. The van der Waals surface area contributed by atoms with Gasteiger partial charge in [-0.1, -0.05) is 0 Å². The number of aromatic nitrogens is 4. The molecule has 1 aromatic heterocycles. The Balaban J connectivity index is 1.67. The average Bonchev–Trinajstić information content (AvgIpc) is 2.93. The second-order valence-corrected chi connectivity index (χ2v) is 7.26. The molecule has 2 atom stereocenters. The van der Waals surface area contributed by atoms with Gasteiger partial charge in [-0.15, -0.1) is 10.2 Å². The lowest BCUT2D eigenvalue weighted by atomic mass is 10.1. The second-order valence-electron chi connectivity index (χ2n) is 6.15. The first kappa shape index (κ1) is 14.8. The third-order valence-corrected chi connectivity index (χ3v) is 4.18. The molecule has 6 heteroatoms. The van der Waals surface area contributed by atoms with Crippen LogP contribution in [0.5, 0.6) is 0 Å². The highest BCUT2D eigenvalue weighted by Gasteiger charge is 2.21. The highest BCUT2D eigenvalue weighted by atomic mass is 32.2. The number of tetrazole rings is 1. The number of hydrogen-bond donors (Lipinski definition) is 0. The van der Waals surface area contributed by atoms with Gasteiger partial charge in [0.1, 0.15) is 0 Å². The summed E-state index contributed by atoms with van der Waals surface area (Å²) in [6.07, 6.45) is 4.45. The van der Waals surface area contributed by atoms with Gasteiger partial charge in [-0.05, 0) is 57.9 Å². The summed E-state index contributed by atoms with van der Waals surface area (Å²) in [4.78, 5) is 1.69. The highest BCUT2D eigenvalue weighted by molar-refractivity contribution is 7.98. The maximum absolute atomic E-state index is 5.80. The van der Waals surface area contributed by atoms with Crippen LogP contribution in [-0.2, 0) is 16.0 Å². The molecular weight excluding hydrogens is 260 g/mol. The summed E-state index contributed by atoms with van der Waals surface area (Å²) in [5, 5.41) is 12.6. The lowest BCUT2D eigenvalue weighted by Crippen LogP contribution is -2.24. The van der Waals surface area contributed by atoms with Gasteiger partial charge in [0.25, 0.3) is 0 Å². The van der Waals surface area contributed by atoms with Crippen molar-refractivity contribution in [3.8, 4) is 0 Å². The Labute approximate surface area is 119 Å². The van der Waals surface area contributed by atoms with Crippen LogP contribution in [0.3, 0.4) is 0 Å². The molecule has 0 aromatic carbocycles. The number of rotatable bonds is 5. The molecule has 0 amide bonds. The minimum atomic E-state index is -0.0935. The average molecular weight is 284 g/mol. The number of hydrogen-bond acceptors (Lipinski definition) is 5. The SMILES string of the molecule is CC1CCC(CCSCc2nnn(C(C)(C)C)n2)O1. The van der Waals surface area contributed by atoms with Gasteiger partial charge in [0, 0.05) is 0 Å². The fourth-order valence-corrected chi connectivity index (χ4v) is 2.93. The van der Waals surface area contributed by atoms with Crippen molar-refractivity contribution in [2.45, 2.75) is 70.5 Å². The molecule has 2 heterocycles. The van der Waals surface area contributed by atoms with Crippen LogP contribution in [-0.4, -0.2) is 38.2 Å². The van der Waals surface area contributed by atoms with Crippen LogP contribution in [0.1, 0.15) is 52.8 Å². The highest BCUT2D eigenvalue weighted by Crippen LogP contribution is 2.23. The summed E-state index contributed by atoms with van der Waals surface area (Å²) < 4.78 is 5.80. The zero-order valence-electron chi connectivity index (χ0n) is 12.3. The van der Waals surface area contributed by atoms with E-state index in [0.29, 0.717) is 12.2 Å². The molecule has 0 bridgehead atoms. The third kappa shape index (κ3) is 4.45. The predicted molar refractivity (Wildman–Crippen MR) is 77.2 cm³/mol. The van der Waals surface area contributed by atoms with Gasteiger partial charge in [-0.3, -0.25) is 0 Å². The van der Waals surface area contributed by atoms with Crippen LogP contribution in [0.4, 0.5) is 0 Å². The Bertz CT molecular complexity index is 402. The normalized spacial score (nSPS) is 24.0. The molecule has 19 heavy (non-hydrogen) atoms. The molecule has 1 fully saturated rings. The third-order valence-electron chi connectivity index (χ3n) is 3.19. The molecule has 2 rings (SSSR count). The lowest BCUT2D eigenvalue weighted by molar-refractivity contribution is 0.0546. The van der Waals surface area contributed by atoms with Gasteiger partial charge in [-0.2, -0.15) is 16.6 Å². The van der Waals surface area contributed by atoms with Gasteiger partial charge >= 0.3 is 0 Å². The van der Waals surface area contributed by atoms with Crippen LogP contribution < -0.4 is 0 Å². The summed E-state index contributed by atoms with van der Waals surface area (Å²) in [5.74, 6) is 2.75. The van der Waals surface area contributed by atoms with Gasteiger partial charge in [-0.25, -0.2) is 0 Å². The van der Waals surface area contributed by atoms with E-state index in [0.717, 1.165) is 23.8 Å². The Hall–Kier alpha value is -0.620. The van der Waals surface area contributed by atoms with Crippen molar-refractivity contribution in [3.63, 3.8) is 0 Å². The smallest absolute Gasteiger partial charge is 0.184 e. The summed E-state index contributed by atoms with van der Waals surface area (Å²) in [6.45, 7) is 8.38. The zero-order valence-corrected chi connectivity index (χ0v) is 13.1. The quantitative estimate of drug-likeness (QED) is 0.778. The first-order valence-corrected chi connectivity index (χ1v) is 8.13. The van der Waals surface area contributed by atoms with Crippen molar-refractivity contribution in [2.75, 3.05) is 5.75 Å². The van der Waals surface area contributed by atoms with Crippen LogP contribution in [0.25, 0.3) is 0 Å². The van der Waals surface area contributed by atoms with Crippen molar-refractivity contribution in [2.24, 2.45) is 0 Å². The van der Waals surface area contributed by atoms with E-state index in [9.17, 15) is 0 Å². The monoisotopic (exact) mass is 284 g/mol. The molecule has 0 aliphatic carbocycles. The van der Waals surface area contributed by atoms with E-state index >= 15 is 0 Å². The summed E-state index contributed by atoms with van der Waals surface area (Å²) >= 11 is 1.86. The van der Waals surface area contributed by atoms with Crippen LogP contribution >= 0.6 is 11.8 Å². The first-order chi connectivity index (χ1) is 8.95. The largest absolute Gasteiger partial charge is 0.375 e. The van der Waals surface area contributed by atoms with E-state index < -0.39 is 0 Å². The van der Waals surface area contributed by atoms with Crippen LogP contribution in [0.15, 0.2) is 0 Å². The number of thioether (sulfide) groups is 1. The molecule has 1 aliphatic rings. The van der Waals surface area contributed by atoms with E-state index in [1.807, 2.05) is 11.8 Å². The van der Waals surface area contributed by atoms with Crippen molar-refractivity contribution in [3.05, 3.63) is 5.82 Å². The molecule has 1 saturated heterocycles. The standard InChI is InChI=1S/C13H24N4OS/c1-10-5-6-11(18-10)7-8-19-9-12-14-16-17(15-12)13(2,3)4/h10-11H,5-9H2,1-4H3. The van der Waals surface area contributed by atoms with E-state index in [1.54, 1.807) is 4.80 Å². The maximum Gasteiger partial charge on any atom is 0.184 e. The zero-order chi connectivity index (χ0) is 13.9. The lowest BCUT2D eigenvalue weighted by Gasteiger charge is -2.15. The Morgan fingerprint density at radius 3 is 2.74 bits per heavy atom. The minimum Gasteiger partial charge on any atom is -0.375 e. The van der Waals surface area contributed by atoms with Crippen molar-refractivity contribution in [1.82, 2.24) is 20.2 Å². The molecule has 2 unspecified atom stereocenters. The van der Waals surface area contributed by atoms with Gasteiger partial charge < -0.3 is 4.74 Å². The number of nitrogens with zero attached hydrogens (tertiary/aromatic N) is 4. The summed E-state index contributed by atoms with van der Waals surface area (Å²) in [5.41, 5.74) is -0.0935. The molecule has 1 aromatic rings. The van der Waals surface area contributed by atoms with Crippen LogP contribution in [0, 0.1) is 0 Å². The van der Waals surface area contributed by atoms with E-state index in [4.69, 9.17) is 4.74 Å². The summed E-state index contributed by atoms with van der Waals surface area (Å²) in [6, 6.07) is 0. The molecule has 5 nitrogen and oxygen atoms in total. The second kappa shape index (κ2) is 6.22. The molecule has 0 N–H and O–H groups in total. The molecule has 0 radical (unpaired) electrons. The van der Waals surface area contributed by atoms with Crippen molar-refractivity contribution in [1.29, 1.82) is 0 Å². The van der Waals surface area contributed by atoms with Crippen molar-refractivity contribution < 1.29 is 4.74 Å². The van der Waals surface area contributed by atoms with Gasteiger partial charge in [0.2, 0.25) is 0 Å². The van der Waals surface area contributed by atoms with E-state index in [1.165, 1.54) is 12.8 Å². The molecule has 0 spiro atoms.